The van der Waals surface area contributed by atoms with Gasteiger partial charge < -0.3 is 15.8 Å². The standard InChI is InChI=1S/C24H19ClF4N4O4S/c1-11-18(19(34)32-17-7-12(24(27,28)29)3-4-16(17)25)38-22(31-11)33(21(36)23(5-6-23)20(30)35)14-8-13(26)9-15(10-14)37-2/h3-4,7-10H,5-6H2,1-2H3,(H2,30,35)(H,32,34). The van der Waals surface area contributed by atoms with Crippen LogP contribution in [0.15, 0.2) is 36.4 Å². The van der Waals surface area contributed by atoms with Gasteiger partial charge in [0.25, 0.3) is 5.91 Å². The summed E-state index contributed by atoms with van der Waals surface area (Å²) in [5.74, 6) is -3.13. The molecule has 3 N–H and O–H groups in total. The van der Waals surface area contributed by atoms with Crippen LogP contribution in [-0.2, 0) is 15.8 Å². The zero-order valence-corrected chi connectivity index (χ0v) is 21.4. The van der Waals surface area contributed by atoms with Gasteiger partial charge in [0, 0.05) is 12.1 Å². The molecule has 2 aromatic carbocycles. The van der Waals surface area contributed by atoms with Crippen LogP contribution >= 0.6 is 22.9 Å². The Hall–Kier alpha value is -3.71. The predicted octanol–water partition coefficient (Wildman–Crippen LogP) is 5.45. The van der Waals surface area contributed by atoms with Crippen molar-refractivity contribution in [3.05, 3.63) is 63.4 Å². The molecule has 1 saturated carbocycles. The van der Waals surface area contributed by atoms with E-state index in [0.29, 0.717) is 17.4 Å². The molecule has 0 spiro atoms. The predicted molar refractivity (Wildman–Crippen MR) is 132 cm³/mol. The molecular formula is C24H19ClF4N4O4S. The first-order chi connectivity index (χ1) is 17.8. The number of nitrogens with one attached hydrogen (secondary N) is 1. The molecule has 3 amide bonds. The van der Waals surface area contributed by atoms with E-state index in [2.05, 4.69) is 10.3 Å². The number of carbonyl (C=O) groups excluding carboxylic acids is 3. The average Bonchev–Trinajstić information content (AvgIpc) is 3.57. The smallest absolute Gasteiger partial charge is 0.416 e. The number of thiazole rings is 1. The summed E-state index contributed by atoms with van der Waals surface area (Å²) >= 11 is 6.70. The maximum absolute atomic E-state index is 14.4. The van der Waals surface area contributed by atoms with Crippen LogP contribution in [0.3, 0.4) is 0 Å². The van der Waals surface area contributed by atoms with Crippen molar-refractivity contribution in [1.82, 2.24) is 4.98 Å². The maximum atomic E-state index is 14.4. The number of nitrogens with zero attached hydrogens (tertiary/aromatic N) is 2. The largest absolute Gasteiger partial charge is 0.497 e. The van der Waals surface area contributed by atoms with E-state index in [1.165, 1.54) is 20.1 Å². The first-order valence-corrected chi connectivity index (χ1v) is 12.1. The summed E-state index contributed by atoms with van der Waals surface area (Å²) < 4.78 is 58.8. The van der Waals surface area contributed by atoms with E-state index in [1.807, 2.05) is 0 Å². The number of benzene rings is 2. The number of hydrogen-bond acceptors (Lipinski definition) is 6. The molecule has 38 heavy (non-hydrogen) atoms. The molecule has 3 aromatic rings. The number of nitrogens with two attached hydrogens (primary N) is 1. The van der Waals surface area contributed by atoms with Gasteiger partial charge in [-0.15, -0.1) is 0 Å². The van der Waals surface area contributed by atoms with E-state index in [1.54, 1.807) is 0 Å². The van der Waals surface area contributed by atoms with Crippen molar-refractivity contribution in [2.75, 3.05) is 17.3 Å². The number of methoxy groups -OCH3 is 1. The number of aryl methyl sites for hydroxylation is 1. The SMILES string of the molecule is COc1cc(F)cc(N(C(=O)C2(C(N)=O)CC2)c2nc(C)c(C(=O)Nc3cc(C(F)(F)F)ccc3Cl)s2)c1. The van der Waals surface area contributed by atoms with Crippen molar-refractivity contribution in [2.24, 2.45) is 11.1 Å². The highest BCUT2D eigenvalue weighted by atomic mass is 35.5. The molecule has 1 fully saturated rings. The van der Waals surface area contributed by atoms with Crippen LogP contribution in [0.5, 0.6) is 5.75 Å². The van der Waals surface area contributed by atoms with Crippen molar-refractivity contribution in [3.8, 4) is 5.75 Å². The Morgan fingerprint density at radius 1 is 1.18 bits per heavy atom. The summed E-state index contributed by atoms with van der Waals surface area (Å²) in [4.78, 5) is 43.9. The van der Waals surface area contributed by atoms with Gasteiger partial charge in [-0.25, -0.2) is 9.37 Å². The van der Waals surface area contributed by atoms with E-state index >= 15 is 0 Å². The highest BCUT2D eigenvalue weighted by Gasteiger charge is 2.58. The molecule has 8 nitrogen and oxygen atoms in total. The van der Waals surface area contributed by atoms with Crippen LogP contribution in [0.2, 0.25) is 5.02 Å². The second-order valence-corrected chi connectivity index (χ2v) is 9.88. The number of anilines is 3. The van der Waals surface area contributed by atoms with Crippen LogP contribution < -0.4 is 20.7 Å². The lowest BCUT2D eigenvalue weighted by atomic mass is 10.0. The maximum Gasteiger partial charge on any atom is 0.416 e. The van der Waals surface area contributed by atoms with Gasteiger partial charge in [0.2, 0.25) is 11.8 Å². The Labute approximate surface area is 222 Å². The number of primary amides is 1. The Bertz CT molecular complexity index is 1460. The van der Waals surface area contributed by atoms with Gasteiger partial charge in [0.15, 0.2) is 5.13 Å². The lowest BCUT2D eigenvalue weighted by molar-refractivity contribution is -0.137. The van der Waals surface area contributed by atoms with E-state index in [9.17, 15) is 31.9 Å². The fraction of sp³-hybridized carbons (Fsp3) is 0.250. The molecule has 0 unspecified atom stereocenters. The van der Waals surface area contributed by atoms with Crippen LogP contribution in [-0.4, -0.2) is 29.8 Å². The van der Waals surface area contributed by atoms with Gasteiger partial charge >= 0.3 is 6.18 Å². The van der Waals surface area contributed by atoms with Crippen LogP contribution in [0.25, 0.3) is 0 Å². The van der Waals surface area contributed by atoms with E-state index in [0.717, 1.165) is 29.2 Å². The van der Waals surface area contributed by atoms with Gasteiger partial charge in [-0.2, -0.15) is 13.2 Å². The number of ether oxygens (including phenoxy) is 1. The summed E-state index contributed by atoms with van der Waals surface area (Å²) in [5, 5.41) is 2.11. The van der Waals surface area contributed by atoms with E-state index in [-0.39, 0.29) is 50.7 Å². The Kier molecular flexibility index (Phi) is 7.10. The minimum Gasteiger partial charge on any atom is -0.497 e. The quantitative estimate of drug-likeness (QED) is 0.289. The zero-order chi connectivity index (χ0) is 28.0. The third kappa shape index (κ3) is 5.16. The highest BCUT2D eigenvalue weighted by Crippen LogP contribution is 2.50. The van der Waals surface area contributed by atoms with E-state index in [4.69, 9.17) is 22.1 Å². The Balaban J connectivity index is 1.74. The number of rotatable bonds is 7. The molecule has 1 aromatic heterocycles. The van der Waals surface area contributed by atoms with Crippen molar-refractivity contribution in [3.63, 3.8) is 0 Å². The molecule has 0 bridgehead atoms. The number of aromatic nitrogens is 1. The van der Waals surface area contributed by atoms with Crippen LogP contribution in [0.4, 0.5) is 34.1 Å². The molecule has 14 heteroatoms. The summed E-state index contributed by atoms with van der Waals surface area (Å²) in [6.45, 7) is 1.44. The number of hydrogen-bond donors (Lipinski definition) is 2. The number of alkyl halides is 3. The number of carbonyl (C=O) groups is 3. The monoisotopic (exact) mass is 570 g/mol. The van der Waals surface area contributed by atoms with Crippen LogP contribution in [0, 0.1) is 18.2 Å². The fourth-order valence-corrected chi connectivity index (χ4v) is 4.83. The van der Waals surface area contributed by atoms with Gasteiger partial charge in [0.05, 0.1) is 34.8 Å². The first-order valence-electron chi connectivity index (χ1n) is 10.9. The van der Waals surface area contributed by atoms with Crippen molar-refractivity contribution >= 4 is 57.2 Å². The number of amides is 3. The summed E-state index contributed by atoms with van der Waals surface area (Å²) in [7, 11) is 1.30. The second kappa shape index (κ2) is 9.87. The molecule has 0 aliphatic heterocycles. The van der Waals surface area contributed by atoms with Gasteiger partial charge in [-0.05, 0) is 44.0 Å². The summed E-state index contributed by atoms with van der Waals surface area (Å²) in [5.41, 5.74) is 2.75. The molecule has 4 rings (SSSR count). The molecule has 1 heterocycles. The molecule has 1 aliphatic rings. The fourth-order valence-electron chi connectivity index (χ4n) is 3.68. The second-order valence-electron chi connectivity index (χ2n) is 8.49. The van der Waals surface area contributed by atoms with Crippen molar-refractivity contribution in [2.45, 2.75) is 25.9 Å². The first kappa shape index (κ1) is 27.3. The number of halogens is 5. The van der Waals surface area contributed by atoms with Crippen LogP contribution in [0.1, 0.15) is 33.8 Å². The van der Waals surface area contributed by atoms with Gasteiger partial charge in [-0.1, -0.05) is 22.9 Å². The Morgan fingerprint density at radius 3 is 2.45 bits per heavy atom. The summed E-state index contributed by atoms with van der Waals surface area (Å²) in [6.07, 6.45) is -4.31. The molecule has 200 valence electrons. The molecule has 0 atom stereocenters. The minimum absolute atomic E-state index is 0.0268. The third-order valence-corrected chi connectivity index (χ3v) is 7.38. The summed E-state index contributed by atoms with van der Waals surface area (Å²) in [6, 6.07) is 5.92. The lowest BCUT2D eigenvalue weighted by Gasteiger charge is -2.24. The van der Waals surface area contributed by atoms with E-state index < -0.39 is 40.7 Å². The topological polar surface area (TPSA) is 115 Å². The molecule has 0 saturated heterocycles. The van der Waals surface area contributed by atoms with Gasteiger partial charge in [0.1, 0.15) is 21.9 Å². The lowest BCUT2D eigenvalue weighted by Crippen LogP contribution is -2.41. The van der Waals surface area contributed by atoms with Crippen molar-refractivity contribution < 1.29 is 36.7 Å². The minimum atomic E-state index is -4.66. The normalized spacial score (nSPS) is 14.1. The molecular weight excluding hydrogens is 552 g/mol. The Morgan fingerprint density at radius 2 is 1.87 bits per heavy atom. The highest BCUT2D eigenvalue weighted by molar-refractivity contribution is 7.18. The molecule has 0 radical (unpaired) electrons. The third-order valence-electron chi connectivity index (χ3n) is 5.91. The molecule has 1 aliphatic carbocycles. The average molecular weight is 571 g/mol. The zero-order valence-electron chi connectivity index (χ0n) is 19.8. The van der Waals surface area contributed by atoms with Gasteiger partial charge in [-0.3, -0.25) is 19.3 Å². The van der Waals surface area contributed by atoms with Crippen molar-refractivity contribution in [1.29, 1.82) is 0 Å².